The molecule has 4 heteroatoms. The van der Waals surface area contributed by atoms with Gasteiger partial charge in [-0.3, -0.25) is 4.79 Å². The van der Waals surface area contributed by atoms with Gasteiger partial charge in [0.2, 0.25) is 5.91 Å². The Morgan fingerprint density at radius 3 is 2.33 bits per heavy atom. The van der Waals surface area contributed by atoms with Gasteiger partial charge < -0.3 is 15.7 Å². The highest BCUT2D eigenvalue weighted by atomic mass is 16.3. The van der Waals surface area contributed by atoms with Gasteiger partial charge in [0.25, 0.3) is 0 Å². The Morgan fingerprint density at radius 1 is 1.28 bits per heavy atom. The number of carbonyl (C=O) groups excluding carboxylic acids is 1. The zero-order chi connectivity index (χ0) is 13.9. The molecule has 1 aromatic rings. The van der Waals surface area contributed by atoms with Crippen LogP contribution in [0.4, 0.5) is 0 Å². The second kappa shape index (κ2) is 5.87. The van der Waals surface area contributed by atoms with E-state index in [1.807, 2.05) is 32.9 Å². The molecule has 1 aromatic carbocycles. The molecule has 0 aliphatic rings. The Bertz CT molecular complexity index is 418. The van der Waals surface area contributed by atoms with Crippen LogP contribution >= 0.6 is 0 Å². The highest BCUT2D eigenvalue weighted by molar-refractivity contribution is 5.82. The monoisotopic (exact) mass is 250 g/mol. The fraction of sp³-hybridized carbons (Fsp3) is 0.500. The average Bonchev–Trinajstić information content (AvgIpc) is 2.35. The van der Waals surface area contributed by atoms with Crippen molar-refractivity contribution in [2.45, 2.75) is 32.9 Å². The number of rotatable bonds is 4. The van der Waals surface area contributed by atoms with Crippen molar-refractivity contribution in [2.24, 2.45) is 11.7 Å². The van der Waals surface area contributed by atoms with Crippen molar-refractivity contribution in [2.75, 3.05) is 7.05 Å². The van der Waals surface area contributed by atoms with Crippen LogP contribution < -0.4 is 5.73 Å². The molecular formula is C14H22N2O2. The maximum Gasteiger partial charge on any atom is 0.239 e. The highest BCUT2D eigenvalue weighted by Gasteiger charge is 2.25. The second-order valence-corrected chi connectivity index (χ2v) is 4.95. The average molecular weight is 250 g/mol. The molecule has 0 heterocycles. The molecule has 1 amide bonds. The molecule has 0 saturated heterocycles. The topological polar surface area (TPSA) is 66.6 Å². The lowest BCUT2D eigenvalue weighted by atomic mass is 10.0. The van der Waals surface area contributed by atoms with E-state index < -0.39 is 6.04 Å². The SMILES string of the molecule is CC(C)C(N)C(=O)N(C)C(C)c1ccccc1O. The molecule has 3 N–H and O–H groups in total. The predicted molar refractivity (Wildman–Crippen MR) is 72.1 cm³/mol. The van der Waals surface area contributed by atoms with Crippen molar-refractivity contribution in [3.8, 4) is 5.75 Å². The molecule has 0 bridgehead atoms. The largest absolute Gasteiger partial charge is 0.508 e. The standard InChI is InChI=1S/C14H22N2O2/c1-9(2)13(15)14(18)16(4)10(3)11-7-5-6-8-12(11)17/h5-10,13,17H,15H2,1-4H3. The van der Waals surface area contributed by atoms with Crippen molar-refractivity contribution in [3.63, 3.8) is 0 Å². The van der Waals surface area contributed by atoms with Gasteiger partial charge >= 0.3 is 0 Å². The molecule has 18 heavy (non-hydrogen) atoms. The van der Waals surface area contributed by atoms with Crippen molar-refractivity contribution >= 4 is 5.91 Å². The van der Waals surface area contributed by atoms with E-state index in [4.69, 9.17) is 5.73 Å². The van der Waals surface area contributed by atoms with E-state index in [1.54, 1.807) is 24.1 Å². The van der Waals surface area contributed by atoms with E-state index in [2.05, 4.69) is 0 Å². The number of phenols is 1. The quantitative estimate of drug-likeness (QED) is 0.857. The number of hydrogen-bond donors (Lipinski definition) is 2. The van der Waals surface area contributed by atoms with Crippen molar-refractivity contribution in [1.82, 2.24) is 4.90 Å². The lowest BCUT2D eigenvalue weighted by Gasteiger charge is -2.29. The van der Waals surface area contributed by atoms with Crippen molar-refractivity contribution in [3.05, 3.63) is 29.8 Å². The molecule has 2 atom stereocenters. The number of carbonyl (C=O) groups is 1. The maximum absolute atomic E-state index is 12.1. The second-order valence-electron chi connectivity index (χ2n) is 4.95. The van der Waals surface area contributed by atoms with Crippen LogP contribution in [-0.4, -0.2) is 29.0 Å². The summed E-state index contributed by atoms with van der Waals surface area (Å²) in [6.45, 7) is 5.71. The third kappa shape index (κ3) is 3.01. The van der Waals surface area contributed by atoms with E-state index in [1.165, 1.54) is 0 Å². The Balaban J connectivity index is 2.88. The van der Waals surface area contributed by atoms with Crippen LogP contribution in [0.2, 0.25) is 0 Å². The molecule has 0 saturated carbocycles. The van der Waals surface area contributed by atoms with Gasteiger partial charge in [0.1, 0.15) is 5.75 Å². The Hall–Kier alpha value is -1.55. The van der Waals surface area contributed by atoms with E-state index in [0.29, 0.717) is 0 Å². The third-order valence-electron chi connectivity index (χ3n) is 3.32. The van der Waals surface area contributed by atoms with Gasteiger partial charge in [0.05, 0.1) is 12.1 Å². The summed E-state index contributed by atoms with van der Waals surface area (Å²) in [7, 11) is 1.71. The first-order chi connectivity index (χ1) is 8.36. The minimum absolute atomic E-state index is 0.0940. The van der Waals surface area contributed by atoms with E-state index >= 15 is 0 Å². The number of para-hydroxylation sites is 1. The van der Waals surface area contributed by atoms with Gasteiger partial charge in [0.15, 0.2) is 0 Å². The molecular weight excluding hydrogens is 228 g/mol. The van der Waals surface area contributed by atoms with Gasteiger partial charge in [-0.1, -0.05) is 32.0 Å². The zero-order valence-corrected chi connectivity index (χ0v) is 11.4. The number of aromatic hydroxyl groups is 1. The van der Waals surface area contributed by atoms with Gasteiger partial charge in [-0.25, -0.2) is 0 Å². The number of benzene rings is 1. The summed E-state index contributed by atoms with van der Waals surface area (Å²) < 4.78 is 0. The van der Waals surface area contributed by atoms with Crippen LogP contribution in [-0.2, 0) is 4.79 Å². The first-order valence-corrected chi connectivity index (χ1v) is 6.16. The number of phenolic OH excluding ortho intramolecular Hbond substituents is 1. The Kier molecular flexibility index (Phi) is 4.73. The maximum atomic E-state index is 12.1. The van der Waals surface area contributed by atoms with E-state index in [9.17, 15) is 9.90 Å². The lowest BCUT2D eigenvalue weighted by molar-refractivity contribution is -0.134. The smallest absolute Gasteiger partial charge is 0.239 e. The van der Waals surface area contributed by atoms with Crippen LogP contribution in [0.25, 0.3) is 0 Å². The molecule has 0 spiro atoms. The summed E-state index contributed by atoms with van der Waals surface area (Å²) in [4.78, 5) is 13.7. The third-order valence-corrected chi connectivity index (χ3v) is 3.32. The summed E-state index contributed by atoms with van der Waals surface area (Å²) in [5.41, 5.74) is 6.59. The molecule has 0 radical (unpaired) electrons. The molecule has 2 unspecified atom stereocenters. The predicted octanol–water partition coefficient (Wildman–Crippen LogP) is 1.89. The van der Waals surface area contributed by atoms with Crippen LogP contribution in [0.15, 0.2) is 24.3 Å². The molecule has 0 aliphatic heterocycles. The zero-order valence-electron chi connectivity index (χ0n) is 11.4. The molecule has 0 aliphatic carbocycles. The number of nitrogens with two attached hydrogens (primary N) is 1. The van der Waals surface area contributed by atoms with Gasteiger partial charge in [0, 0.05) is 12.6 Å². The molecule has 1 rings (SSSR count). The summed E-state index contributed by atoms with van der Waals surface area (Å²) in [6.07, 6.45) is 0. The van der Waals surface area contributed by atoms with Gasteiger partial charge in [-0.05, 0) is 18.9 Å². The van der Waals surface area contributed by atoms with Gasteiger partial charge in [-0.2, -0.15) is 0 Å². The fourth-order valence-electron chi connectivity index (χ4n) is 1.76. The van der Waals surface area contributed by atoms with Crippen molar-refractivity contribution < 1.29 is 9.90 Å². The van der Waals surface area contributed by atoms with Crippen LogP contribution in [0.5, 0.6) is 5.75 Å². The summed E-state index contributed by atoms with van der Waals surface area (Å²) >= 11 is 0. The first-order valence-electron chi connectivity index (χ1n) is 6.16. The number of nitrogens with zero attached hydrogens (tertiary/aromatic N) is 1. The Morgan fingerprint density at radius 2 is 1.83 bits per heavy atom. The minimum atomic E-state index is -0.511. The normalized spacial score (nSPS) is 14.3. The number of likely N-dealkylation sites (N-methyl/N-ethyl adjacent to an activating group) is 1. The summed E-state index contributed by atoms with van der Waals surface area (Å²) in [5.74, 6) is 0.181. The van der Waals surface area contributed by atoms with Crippen LogP contribution in [0.3, 0.4) is 0 Å². The summed E-state index contributed by atoms with van der Waals surface area (Å²) in [5, 5.41) is 9.79. The van der Waals surface area contributed by atoms with E-state index in [-0.39, 0.29) is 23.6 Å². The molecule has 100 valence electrons. The van der Waals surface area contributed by atoms with Crippen LogP contribution in [0.1, 0.15) is 32.4 Å². The first kappa shape index (κ1) is 14.5. The molecule has 0 fully saturated rings. The highest BCUT2D eigenvalue weighted by Crippen LogP contribution is 2.27. The van der Waals surface area contributed by atoms with Crippen LogP contribution in [0, 0.1) is 5.92 Å². The molecule has 0 aromatic heterocycles. The fourth-order valence-corrected chi connectivity index (χ4v) is 1.76. The number of hydrogen-bond acceptors (Lipinski definition) is 3. The van der Waals surface area contributed by atoms with E-state index in [0.717, 1.165) is 5.56 Å². The summed E-state index contributed by atoms with van der Waals surface area (Å²) in [6, 6.07) is 6.31. The minimum Gasteiger partial charge on any atom is -0.508 e. The number of amides is 1. The lowest BCUT2D eigenvalue weighted by Crippen LogP contribution is -2.45. The van der Waals surface area contributed by atoms with Crippen molar-refractivity contribution in [1.29, 1.82) is 0 Å². The van der Waals surface area contributed by atoms with Gasteiger partial charge in [-0.15, -0.1) is 0 Å². The Labute approximate surface area is 108 Å². The molecule has 4 nitrogen and oxygen atoms in total.